The van der Waals surface area contributed by atoms with E-state index in [4.69, 9.17) is 6.42 Å². The fourth-order valence-corrected chi connectivity index (χ4v) is 3.66. The zero-order valence-electron chi connectivity index (χ0n) is 16.1. The van der Waals surface area contributed by atoms with E-state index in [0.717, 1.165) is 25.2 Å². The Morgan fingerprint density at radius 2 is 1.82 bits per heavy atom. The molecule has 0 saturated carbocycles. The van der Waals surface area contributed by atoms with Gasteiger partial charge in [-0.15, -0.1) is 6.42 Å². The Kier molecular flexibility index (Phi) is 7.76. The van der Waals surface area contributed by atoms with Crippen LogP contribution in [0.2, 0.25) is 0 Å². The molecule has 0 aromatic heterocycles. The summed E-state index contributed by atoms with van der Waals surface area (Å²) in [5.74, 6) is 1.84. The molecule has 0 saturated heterocycles. The third-order valence-electron chi connectivity index (χ3n) is 4.26. The van der Waals surface area contributed by atoms with E-state index in [-0.39, 0.29) is 22.9 Å². The number of anilines is 1. The summed E-state index contributed by atoms with van der Waals surface area (Å²) in [5, 5.41) is 2.82. The molecule has 0 heterocycles. The molecule has 0 aliphatic rings. The summed E-state index contributed by atoms with van der Waals surface area (Å²) in [4.78, 5) is 14.9. The van der Waals surface area contributed by atoms with Crippen LogP contribution in [0.25, 0.3) is 0 Å². The van der Waals surface area contributed by atoms with E-state index < -0.39 is 10.0 Å². The highest BCUT2D eigenvalue weighted by Crippen LogP contribution is 2.16. The summed E-state index contributed by atoms with van der Waals surface area (Å²) in [7, 11) is -3.76. The van der Waals surface area contributed by atoms with Crippen molar-refractivity contribution in [3.8, 4) is 12.3 Å². The van der Waals surface area contributed by atoms with Gasteiger partial charge >= 0.3 is 0 Å². The maximum absolute atomic E-state index is 12.6. The number of sulfonamides is 1. The molecular formula is C21H25N3O3S. The second-order valence-corrected chi connectivity index (χ2v) is 7.94. The molecule has 0 fully saturated rings. The van der Waals surface area contributed by atoms with Crippen LogP contribution >= 0.6 is 0 Å². The van der Waals surface area contributed by atoms with Crippen LogP contribution in [0.5, 0.6) is 0 Å². The highest BCUT2D eigenvalue weighted by molar-refractivity contribution is 7.89. The first-order valence-electron chi connectivity index (χ1n) is 9.05. The Hall–Kier alpha value is -2.66. The van der Waals surface area contributed by atoms with E-state index in [1.54, 1.807) is 12.1 Å². The van der Waals surface area contributed by atoms with Crippen molar-refractivity contribution in [2.24, 2.45) is 0 Å². The van der Waals surface area contributed by atoms with Crippen LogP contribution in [0.15, 0.2) is 53.4 Å². The van der Waals surface area contributed by atoms with Crippen molar-refractivity contribution in [1.29, 1.82) is 0 Å². The quantitative estimate of drug-likeness (QED) is 0.636. The van der Waals surface area contributed by atoms with E-state index in [0.29, 0.717) is 5.69 Å². The molecule has 6 nitrogen and oxygen atoms in total. The summed E-state index contributed by atoms with van der Waals surface area (Å²) in [6, 6.07) is 13.5. The third kappa shape index (κ3) is 5.92. The molecule has 0 bridgehead atoms. The van der Waals surface area contributed by atoms with Crippen molar-refractivity contribution in [3.05, 3.63) is 59.7 Å². The van der Waals surface area contributed by atoms with Crippen molar-refractivity contribution in [2.75, 3.05) is 25.0 Å². The van der Waals surface area contributed by atoms with Gasteiger partial charge in [0.25, 0.3) is 5.91 Å². The Morgan fingerprint density at radius 3 is 2.50 bits per heavy atom. The SMILES string of the molecule is C#CCNS(=O)(=O)c1cccc(C(=O)Nc2cccc(CN(CC)CC)c2)c1. The van der Waals surface area contributed by atoms with Gasteiger partial charge in [-0.25, -0.2) is 8.42 Å². The standard InChI is InChI=1S/C21H25N3O3S/c1-4-13-22-28(26,27)20-12-8-10-18(15-20)21(25)23-19-11-7-9-17(14-19)16-24(5-2)6-3/h1,7-12,14-15,22H,5-6,13,16H2,2-3H3,(H,23,25). The van der Waals surface area contributed by atoms with Crippen molar-refractivity contribution in [2.45, 2.75) is 25.3 Å². The third-order valence-corrected chi connectivity index (χ3v) is 5.66. The summed E-state index contributed by atoms with van der Waals surface area (Å²) in [5.41, 5.74) is 2.00. The molecular weight excluding hydrogens is 374 g/mol. The Morgan fingerprint density at radius 1 is 1.11 bits per heavy atom. The molecule has 0 unspecified atom stereocenters. The molecule has 28 heavy (non-hydrogen) atoms. The molecule has 2 aromatic rings. The van der Waals surface area contributed by atoms with Gasteiger partial charge in [0.2, 0.25) is 10.0 Å². The minimum atomic E-state index is -3.76. The first kappa shape index (κ1) is 21.6. The average molecular weight is 400 g/mol. The van der Waals surface area contributed by atoms with Crippen LogP contribution in [0.3, 0.4) is 0 Å². The first-order valence-corrected chi connectivity index (χ1v) is 10.5. The van der Waals surface area contributed by atoms with Gasteiger partial charge in [-0.2, -0.15) is 4.72 Å². The number of amides is 1. The first-order chi connectivity index (χ1) is 13.4. The van der Waals surface area contributed by atoms with Crippen LogP contribution in [-0.2, 0) is 16.6 Å². The molecule has 0 radical (unpaired) electrons. The van der Waals surface area contributed by atoms with E-state index in [1.807, 2.05) is 18.2 Å². The Bertz CT molecular complexity index is 961. The summed E-state index contributed by atoms with van der Waals surface area (Å²) in [6.45, 7) is 6.79. The smallest absolute Gasteiger partial charge is 0.255 e. The van der Waals surface area contributed by atoms with Crippen molar-refractivity contribution in [3.63, 3.8) is 0 Å². The maximum atomic E-state index is 12.6. The minimum absolute atomic E-state index is 0.00863. The highest BCUT2D eigenvalue weighted by atomic mass is 32.2. The van der Waals surface area contributed by atoms with Crippen molar-refractivity contribution < 1.29 is 13.2 Å². The largest absolute Gasteiger partial charge is 0.322 e. The topological polar surface area (TPSA) is 78.5 Å². The average Bonchev–Trinajstić information content (AvgIpc) is 2.71. The molecule has 2 aromatic carbocycles. The van der Waals surface area contributed by atoms with E-state index in [1.165, 1.54) is 18.2 Å². The number of hydrogen-bond donors (Lipinski definition) is 2. The van der Waals surface area contributed by atoms with Crippen molar-refractivity contribution >= 4 is 21.6 Å². The number of nitrogens with one attached hydrogen (secondary N) is 2. The lowest BCUT2D eigenvalue weighted by Crippen LogP contribution is -2.24. The molecule has 0 aliphatic carbocycles. The number of nitrogens with zero attached hydrogens (tertiary/aromatic N) is 1. The van der Waals surface area contributed by atoms with Gasteiger partial charge in [0.15, 0.2) is 0 Å². The van der Waals surface area contributed by atoms with Gasteiger partial charge in [0.05, 0.1) is 11.4 Å². The van der Waals surface area contributed by atoms with Gasteiger partial charge in [0.1, 0.15) is 0 Å². The van der Waals surface area contributed by atoms with Gasteiger partial charge in [-0.3, -0.25) is 9.69 Å². The molecule has 2 rings (SSSR count). The van der Waals surface area contributed by atoms with Gasteiger partial charge in [-0.1, -0.05) is 38.0 Å². The predicted molar refractivity (Wildman–Crippen MR) is 111 cm³/mol. The number of rotatable bonds is 9. The fourth-order valence-electron chi connectivity index (χ4n) is 2.68. The predicted octanol–water partition coefficient (Wildman–Crippen LogP) is 2.69. The van der Waals surface area contributed by atoms with Crippen LogP contribution in [0.4, 0.5) is 5.69 Å². The number of benzene rings is 2. The van der Waals surface area contributed by atoms with Gasteiger partial charge in [0, 0.05) is 17.8 Å². The van der Waals surface area contributed by atoms with Crippen molar-refractivity contribution in [1.82, 2.24) is 9.62 Å². The lowest BCUT2D eigenvalue weighted by atomic mass is 10.1. The fraction of sp³-hybridized carbons (Fsp3) is 0.286. The molecule has 2 N–H and O–H groups in total. The van der Waals surface area contributed by atoms with Crippen LogP contribution < -0.4 is 10.0 Å². The van der Waals surface area contributed by atoms with E-state index >= 15 is 0 Å². The summed E-state index contributed by atoms with van der Waals surface area (Å²) in [6.07, 6.45) is 5.09. The number of carbonyl (C=O) groups is 1. The van der Waals surface area contributed by atoms with E-state index in [9.17, 15) is 13.2 Å². The number of hydrogen-bond acceptors (Lipinski definition) is 4. The molecule has 0 atom stereocenters. The highest BCUT2D eigenvalue weighted by Gasteiger charge is 2.16. The summed E-state index contributed by atoms with van der Waals surface area (Å²) < 4.78 is 26.6. The number of terminal acetylenes is 1. The Labute approximate surface area is 167 Å². The minimum Gasteiger partial charge on any atom is -0.322 e. The van der Waals surface area contributed by atoms with Crippen LogP contribution in [0.1, 0.15) is 29.8 Å². The molecule has 1 amide bonds. The second-order valence-electron chi connectivity index (χ2n) is 6.17. The zero-order chi connectivity index (χ0) is 20.6. The summed E-state index contributed by atoms with van der Waals surface area (Å²) >= 11 is 0. The van der Waals surface area contributed by atoms with Crippen LogP contribution in [-0.4, -0.2) is 38.9 Å². The lowest BCUT2D eigenvalue weighted by molar-refractivity contribution is 0.102. The molecule has 7 heteroatoms. The second kappa shape index (κ2) is 10.0. The van der Waals surface area contributed by atoms with Gasteiger partial charge in [-0.05, 0) is 49.0 Å². The number of carbonyl (C=O) groups excluding carboxylic acids is 1. The van der Waals surface area contributed by atoms with E-state index in [2.05, 4.69) is 34.7 Å². The monoisotopic (exact) mass is 399 g/mol. The van der Waals surface area contributed by atoms with Gasteiger partial charge < -0.3 is 5.32 Å². The normalized spacial score (nSPS) is 11.2. The van der Waals surface area contributed by atoms with Crippen LogP contribution in [0, 0.1) is 12.3 Å². The maximum Gasteiger partial charge on any atom is 0.255 e. The molecule has 0 spiro atoms. The Balaban J connectivity index is 2.16. The molecule has 148 valence electrons. The molecule has 0 aliphatic heterocycles. The zero-order valence-corrected chi connectivity index (χ0v) is 16.9. The lowest BCUT2D eigenvalue weighted by Gasteiger charge is -2.18.